The van der Waals surface area contributed by atoms with Crippen LogP contribution in [0.4, 0.5) is 0 Å². The lowest BCUT2D eigenvalue weighted by Gasteiger charge is -2.29. The van der Waals surface area contributed by atoms with Crippen molar-refractivity contribution in [1.29, 1.82) is 0 Å². The third-order valence-corrected chi connectivity index (χ3v) is 5.85. The highest BCUT2D eigenvalue weighted by molar-refractivity contribution is 4.68. The van der Waals surface area contributed by atoms with E-state index in [4.69, 9.17) is 0 Å². The second kappa shape index (κ2) is 71.3. The highest BCUT2D eigenvalue weighted by atomic mass is 15.1. The van der Waals surface area contributed by atoms with Gasteiger partial charge in [-0.2, -0.15) is 0 Å². The van der Waals surface area contributed by atoms with Crippen molar-refractivity contribution in [1.82, 2.24) is 9.80 Å². The highest BCUT2D eigenvalue weighted by Crippen LogP contribution is 2.15. The molecule has 1 aliphatic carbocycles. The Labute approximate surface area is 263 Å². The van der Waals surface area contributed by atoms with Crippen LogP contribution in [0.2, 0.25) is 0 Å². The zero-order chi connectivity index (χ0) is 16.0. The summed E-state index contributed by atoms with van der Waals surface area (Å²) >= 11 is 0. The van der Waals surface area contributed by atoms with E-state index in [1.54, 1.807) is 0 Å². The number of rotatable bonds is 0. The maximum atomic E-state index is 2.70. The average molecular weight is 579 g/mol. The van der Waals surface area contributed by atoms with Crippen LogP contribution in [-0.2, 0) is 0 Å². The van der Waals surface area contributed by atoms with Crippen LogP contribution in [0, 0.1) is 0 Å². The first-order valence-electron chi connectivity index (χ1n) is 10.9. The van der Waals surface area contributed by atoms with Crippen molar-refractivity contribution in [3.63, 3.8) is 0 Å². The summed E-state index contributed by atoms with van der Waals surface area (Å²) in [5.41, 5.74) is 0. The topological polar surface area (TPSA) is 6.48 Å². The van der Waals surface area contributed by atoms with Gasteiger partial charge in [-0.05, 0) is 71.4 Å². The van der Waals surface area contributed by atoms with Gasteiger partial charge in [0.15, 0.2) is 0 Å². The lowest BCUT2D eigenvalue weighted by atomic mass is 10.0. The lowest BCUT2D eigenvalue weighted by molar-refractivity contribution is 0.188. The van der Waals surface area contributed by atoms with Gasteiger partial charge < -0.3 is 9.80 Å². The van der Waals surface area contributed by atoms with E-state index in [1.807, 2.05) is 0 Å². The fraction of sp³-hybridized carbons (Fsp3) is 1.00. The molecular formula is C37H106N2. The van der Waals surface area contributed by atoms with Crippen LogP contribution in [0.25, 0.3) is 0 Å². The van der Waals surface area contributed by atoms with Crippen LogP contribution < -0.4 is 0 Å². The second-order valence-corrected chi connectivity index (χ2v) is 7.99. The number of hydrogen-bond acceptors (Lipinski definition) is 2. The molecule has 3 rings (SSSR count). The lowest BCUT2D eigenvalue weighted by Crippen LogP contribution is -2.35. The van der Waals surface area contributed by atoms with E-state index in [0.717, 1.165) is 0 Å². The van der Waals surface area contributed by atoms with E-state index in [-0.39, 0.29) is 119 Å². The molecule has 2 heteroatoms. The molecule has 2 bridgehead atoms. The zero-order valence-electron chi connectivity index (χ0n) is 15.7. The summed E-state index contributed by atoms with van der Waals surface area (Å²) in [4.78, 5) is 5.41. The molecule has 0 aromatic rings. The Morgan fingerprint density at radius 3 is 0.462 bits per heavy atom. The molecule has 2 nitrogen and oxygen atoms in total. The maximum Gasteiger partial charge on any atom is -0.000655 e. The average Bonchev–Trinajstić information content (AvgIpc) is 2.53. The van der Waals surface area contributed by atoms with Crippen LogP contribution in [0.5, 0.6) is 0 Å². The van der Waals surface area contributed by atoms with Gasteiger partial charge in [0.1, 0.15) is 0 Å². The van der Waals surface area contributed by atoms with Crippen LogP contribution >= 0.6 is 0 Å². The summed E-state index contributed by atoms with van der Waals surface area (Å²) in [6, 6.07) is 0. The van der Waals surface area contributed by atoms with E-state index >= 15 is 0 Å². The van der Waals surface area contributed by atoms with Crippen molar-refractivity contribution in [2.45, 2.75) is 215 Å². The van der Waals surface area contributed by atoms with E-state index in [1.165, 1.54) is 136 Å². The van der Waals surface area contributed by atoms with Crippen molar-refractivity contribution in [2.75, 3.05) is 39.3 Å². The minimum Gasteiger partial charge on any atom is -0.303 e. The molecule has 0 aromatic heterocycles. The van der Waals surface area contributed by atoms with Crippen molar-refractivity contribution >= 4 is 0 Å². The molecule has 2 aliphatic heterocycles. The molecule has 0 N–H and O–H groups in total. The fourth-order valence-corrected chi connectivity index (χ4v) is 4.30. The van der Waals surface area contributed by atoms with Crippen molar-refractivity contribution in [3.8, 4) is 0 Å². The molecular weight excluding hydrogens is 472 g/mol. The van der Waals surface area contributed by atoms with E-state index in [0.29, 0.717) is 0 Å². The third kappa shape index (κ3) is 54.7. The molecule has 0 aromatic carbocycles. The Hall–Kier alpha value is -0.0800. The summed E-state index contributed by atoms with van der Waals surface area (Å²) < 4.78 is 0. The molecule has 3 aliphatic rings. The van der Waals surface area contributed by atoms with Gasteiger partial charge in [-0.15, -0.1) is 0 Å². The molecule has 1 saturated carbocycles. The number of hydrogen-bond donors (Lipinski definition) is 0. The van der Waals surface area contributed by atoms with Gasteiger partial charge in [0, 0.05) is 0 Å². The van der Waals surface area contributed by atoms with Crippen LogP contribution in [0.1, 0.15) is 215 Å². The Morgan fingerprint density at radius 1 is 0.154 bits per heavy atom. The maximum absolute atomic E-state index is 2.70. The molecule has 0 spiro atoms. The molecule has 2 heterocycles. The SMILES string of the molecule is C.C.C.C.C.C.C.C.C.C.C.C.C.C.C.C.C1CCCCCCC1.C1CCN2CCCCCN(CC1)CCC2. The summed E-state index contributed by atoms with van der Waals surface area (Å²) in [7, 11) is 0. The highest BCUT2D eigenvalue weighted by Gasteiger charge is 2.12. The van der Waals surface area contributed by atoms with Crippen molar-refractivity contribution in [3.05, 3.63) is 0 Å². The van der Waals surface area contributed by atoms with Crippen LogP contribution in [0.3, 0.4) is 0 Å². The monoisotopic (exact) mass is 579 g/mol. The Balaban J connectivity index is -0.0000000171. The van der Waals surface area contributed by atoms with Crippen LogP contribution in [0.15, 0.2) is 0 Å². The Morgan fingerprint density at radius 2 is 0.282 bits per heavy atom. The molecule has 0 atom stereocenters. The molecule has 264 valence electrons. The molecule has 39 heavy (non-hydrogen) atoms. The van der Waals surface area contributed by atoms with Crippen molar-refractivity contribution < 1.29 is 0 Å². The fourth-order valence-electron chi connectivity index (χ4n) is 4.30. The largest absolute Gasteiger partial charge is 0.303 e. The summed E-state index contributed by atoms with van der Waals surface area (Å²) in [6.45, 7) is 8.13. The zero-order valence-corrected chi connectivity index (χ0v) is 15.7. The van der Waals surface area contributed by atoms with Crippen molar-refractivity contribution in [2.24, 2.45) is 0 Å². The van der Waals surface area contributed by atoms with E-state index < -0.39 is 0 Å². The molecule has 2 saturated heterocycles. The predicted octanol–water partition coefficient (Wildman–Crippen LogP) is 15.6. The van der Waals surface area contributed by atoms with E-state index in [2.05, 4.69) is 9.80 Å². The second-order valence-electron chi connectivity index (χ2n) is 7.99. The standard InChI is InChI=1S/C13H26N2.C8H16.16CH4/c1-3-8-14-10-5-2-6-11-15(9-4-1)13-7-12-14;1-2-4-6-8-7-5-3-1;;;;;;;;;;;;;;;;/h1-13H2;1-8H2;16*1H4. The summed E-state index contributed by atoms with van der Waals surface area (Å²) in [5, 5.41) is 0. The van der Waals surface area contributed by atoms with Gasteiger partial charge in [0.2, 0.25) is 0 Å². The quantitative estimate of drug-likeness (QED) is 0.282. The summed E-state index contributed by atoms with van der Waals surface area (Å²) in [6.07, 6.45) is 22.0. The molecule has 0 radical (unpaired) electrons. The van der Waals surface area contributed by atoms with Gasteiger partial charge in [0.25, 0.3) is 0 Å². The smallest absolute Gasteiger partial charge is 0.000655 e. The third-order valence-electron chi connectivity index (χ3n) is 5.85. The first kappa shape index (κ1) is 97.8. The molecule has 3 fully saturated rings. The first-order valence-corrected chi connectivity index (χ1v) is 10.9. The van der Waals surface area contributed by atoms with Gasteiger partial charge in [-0.3, -0.25) is 0 Å². The minimum atomic E-state index is 0. The number of fused-ring (bicyclic) bond motifs is 4. The van der Waals surface area contributed by atoms with Gasteiger partial charge in [0.05, 0.1) is 0 Å². The van der Waals surface area contributed by atoms with Gasteiger partial charge >= 0.3 is 0 Å². The van der Waals surface area contributed by atoms with Gasteiger partial charge in [-0.1, -0.05) is 183 Å². The Kier molecular flexibility index (Phi) is 179. The normalized spacial score (nSPS) is 18.5. The van der Waals surface area contributed by atoms with E-state index in [9.17, 15) is 0 Å². The Bertz CT molecular complexity index is 214. The number of nitrogens with zero attached hydrogens (tertiary/aromatic N) is 2. The summed E-state index contributed by atoms with van der Waals surface area (Å²) in [5.74, 6) is 0. The predicted molar refractivity (Wildman–Crippen MR) is 210 cm³/mol. The first-order chi connectivity index (χ1) is 11.4. The molecule has 0 unspecified atom stereocenters. The van der Waals surface area contributed by atoms with Crippen LogP contribution in [-0.4, -0.2) is 49.1 Å². The minimum absolute atomic E-state index is 0. The molecule has 0 amide bonds. The van der Waals surface area contributed by atoms with Gasteiger partial charge in [-0.25, -0.2) is 0 Å².